The second-order valence-corrected chi connectivity index (χ2v) is 5.91. The minimum absolute atomic E-state index is 0.0301. The molecule has 29 heavy (non-hydrogen) atoms. The lowest BCUT2D eigenvalue weighted by Gasteiger charge is -2.09. The van der Waals surface area contributed by atoms with Crippen LogP contribution in [0.15, 0.2) is 59.4 Å². The van der Waals surface area contributed by atoms with E-state index in [-0.39, 0.29) is 5.69 Å². The van der Waals surface area contributed by atoms with Crippen LogP contribution in [0.2, 0.25) is 0 Å². The van der Waals surface area contributed by atoms with Crippen molar-refractivity contribution in [3.05, 3.63) is 80.9 Å². The first-order valence-corrected chi connectivity index (χ1v) is 8.34. The van der Waals surface area contributed by atoms with Crippen LogP contribution >= 0.6 is 0 Å². The third-order valence-corrected chi connectivity index (χ3v) is 3.97. The molecule has 0 saturated heterocycles. The molecule has 1 aromatic heterocycles. The van der Waals surface area contributed by atoms with Gasteiger partial charge >= 0.3 is 5.69 Å². The zero-order valence-electron chi connectivity index (χ0n) is 15.2. The van der Waals surface area contributed by atoms with Crippen molar-refractivity contribution < 1.29 is 18.8 Å². The largest absolute Gasteiger partial charge is 0.497 e. The van der Waals surface area contributed by atoms with Crippen molar-refractivity contribution in [2.24, 2.45) is 0 Å². The van der Waals surface area contributed by atoms with Crippen LogP contribution in [0.1, 0.15) is 0 Å². The van der Waals surface area contributed by atoms with Gasteiger partial charge in [0.1, 0.15) is 12.3 Å². The SMILES string of the molecule is COc1ccc(-c2ccc(=O)n(CC(=O)Nc3ccc(F)c([N+](=O)[O-])c3)n2)cc1. The quantitative estimate of drug-likeness (QED) is 0.504. The highest BCUT2D eigenvalue weighted by Crippen LogP contribution is 2.22. The Labute approximate surface area is 163 Å². The maximum atomic E-state index is 13.4. The van der Waals surface area contributed by atoms with Gasteiger partial charge in [0.2, 0.25) is 11.7 Å². The van der Waals surface area contributed by atoms with Gasteiger partial charge in [0.15, 0.2) is 0 Å². The third kappa shape index (κ3) is 4.61. The molecule has 0 unspecified atom stereocenters. The lowest BCUT2D eigenvalue weighted by Crippen LogP contribution is -2.29. The molecule has 1 heterocycles. The molecule has 1 N–H and O–H groups in total. The molecule has 10 heteroatoms. The van der Waals surface area contributed by atoms with Gasteiger partial charge < -0.3 is 10.1 Å². The number of hydrogen-bond acceptors (Lipinski definition) is 6. The minimum atomic E-state index is -1.02. The van der Waals surface area contributed by atoms with E-state index in [4.69, 9.17) is 4.74 Å². The van der Waals surface area contributed by atoms with Gasteiger partial charge in [-0.1, -0.05) is 0 Å². The van der Waals surface area contributed by atoms with Gasteiger partial charge in [0.25, 0.3) is 5.56 Å². The van der Waals surface area contributed by atoms with Crippen LogP contribution in [0.25, 0.3) is 11.3 Å². The molecule has 3 aromatic rings. The van der Waals surface area contributed by atoms with E-state index in [1.165, 1.54) is 18.2 Å². The smallest absolute Gasteiger partial charge is 0.306 e. The van der Waals surface area contributed by atoms with E-state index in [0.29, 0.717) is 17.0 Å². The minimum Gasteiger partial charge on any atom is -0.497 e. The molecule has 0 spiro atoms. The third-order valence-electron chi connectivity index (χ3n) is 3.97. The Morgan fingerprint density at radius 2 is 1.93 bits per heavy atom. The molecule has 0 aliphatic heterocycles. The fraction of sp³-hybridized carbons (Fsp3) is 0.105. The van der Waals surface area contributed by atoms with E-state index in [1.54, 1.807) is 31.4 Å². The normalized spacial score (nSPS) is 10.4. The molecule has 148 valence electrons. The summed E-state index contributed by atoms with van der Waals surface area (Å²) in [5.41, 5.74) is -0.0452. The molecule has 0 fully saturated rings. The number of nitro benzene ring substituents is 1. The van der Waals surface area contributed by atoms with E-state index < -0.39 is 34.4 Å². The second-order valence-electron chi connectivity index (χ2n) is 5.91. The Hall–Kier alpha value is -4.08. The maximum absolute atomic E-state index is 13.4. The van der Waals surface area contributed by atoms with Crippen LogP contribution in [0.3, 0.4) is 0 Å². The zero-order valence-corrected chi connectivity index (χ0v) is 15.2. The molecule has 0 radical (unpaired) electrons. The summed E-state index contributed by atoms with van der Waals surface area (Å²) in [4.78, 5) is 34.2. The standard InChI is InChI=1S/C19H15FN4O5/c1-29-14-5-2-12(3-6-14)16-8-9-19(26)23(22-16)11-18(25)21-13-4-7-15(20)17(10-13)24(27)28/h2-10H,11H2,1H3,(H,21,25). The van der Waals surface area contributed by atoms with Gasteiger partial charge in [-0.25, -0.2) is 4.68 Å². The van der Waals surface area contributed by atoms with Gasteiger partial charge in [-0.05, 0) is 42.5 Å². The van der Waals surface area contributed by atoms with Crippen molar-refractivity contribution in [3.8, 4) is 17.0 Å². The highest BCUT2D eigenvalue weighted by atomic mass is 19.1. The number of amides is 1. The molecule has 0 aliphatic carbocycles. The lowest BCUT2D eigenvalue weighted by atomic mass is 10.1. The number of methoxy groups -OCH3 is 1. The summed E-state index contributed by atoms with van der Waals surface area (Å²) in [5, 5.41) is 17.4. The van der Waals surface area contributed by atoms with Crippen LogP contribution in [-0.4, -0.2) is 27.7 Å². The number of hydrogen-bond donors (Lipinski definition) is 1. The van der Waals surface area contributed by atoms with Crippen LogP contribution in [-0.2, 0) is 11.3 Å². The first kappa shape index (κ1) is 19.7. The van der Waals surface area contributed by atoms with Crippen LogP contribution in [0, 0.1) is 15.9 Å². The monoisotopic (exact) mass is 398 g/mol. The number of nitrogens with one attached hydrogen (secondary N) is 1. The summed E-state index contributed by atoms with van der Waals surface area (Å²) in [5.74, 6) is -1.000. The fourth-order valence-corrected chi connectivity index (χ4v) is 2.54. The van der Waals surface area contributed by atoms with Gasteiger partial charge in [0, 0.05) is 23.4 Å². The summed E-state index contributed by atoms with van der Waals surface area (Å²) in [6.45, 7) is -0.423. The van der Waals surface area contributed by atoms with Crippen LogP contribution in [0.5, 0.6) is 5.75 Å². The van der Waals surface area contributed by atoms with E-state index in [9.17, 15) is 24.1 Å². The van der Waals surface area contributed by atoms with Crippen molar-refractivity contribution in [3.63, 3.8) is 0 Å². The molecular weight excluding hydrogens is 383 g/mol. The van der Waals surface area contributed by atoms with E-state index in [0.717, 1.165) is 16.8 Å². The lowest BCUT2D eigenvalue weighted by molar-refractivity contribution is -0.387. The summed E-state index contributed by atoms with van der Waals surface area (Å²) >= 11 is 0. The average molecular weight is 398 g/mol. The molecule has 1 amide bonds. The molecule has 3 rings (SSSR count). The summed E-state index contributed by atoms with van der Waals surface area (Å²) in [7, 11) is 1.54. The van der Waals surface area contributed by atoms with E-state index in [2.05, 4.69) is 10.4 Å². The zero-order chi connectivity index (χ0) is 21.0. The van der Waals surface area contributed by atoms with Crippen LogP contribution in [0.4, 0.5) is 15.8 Å². The Morgan fingerprint density at radius 1 is 1.21 bits per heavy atom. The number of carbonyl (C=O) groups excluding carboxylic acids is 1. The Kier molecular flexibility index (Phi) is 5.63. The summed E-state index contributed by atoms with van der Waals surface area (Å²) < 4.78 is 19.5. The Balaban J connectivity index is 1.79. The van der Waals surface area contributed by atoms with E-state index in [1.807, 2.05) is 0 Å². The highest BCUT2D eigenvalue weighted by Gasteiger charge is 2.16. The number of ether oxygens (including phenoxy) is 1. The summed E-state index contributed by atoms with van der Waals surface area (Å²) in [6, 6.07) is 12.8. The number of benzene rings is 2. The van der Waals surface area contributed by atoms with Crippen molar-refractivity contribution >= 4 is 17.3 Å². The number of nitrogens with zero attached hydrogens (tertiary/aromatic N) is 3. The van der Waals surface area contributed by atoms with Gasteiger partial charge in [-0.2, -0.15) is 9.49 Å². The molecule has 2 aromatic carbocycles. The Bertz CT molecular complexity index is 1130. The average Bonchev–Trinajstić information content (AvgIpc) is 2.71. The molecule has 0 atom stereocenters. The van der Waals surface area contributed by atoms with Gasteiger partial charge in [0.05, 0.1) is 17.7 Å². The fourth-order valence-electron chi connectivity index (χ4n) is 2.54. The predicted molar refractivity (Wildman–Crippen MR) is 102 cm³/mol. The number of nitro groups is 1. The highest BCUT2D eigenvalue weighted by molar-refractivity contribution is 5.90. The van der Waals surface area contributed by atoms with Crippen molar-refractivity contribution in [2.45, 2.75) is 6.54 Å². The predicted octanol–water partition coefficient (Wildman–Crippen LogP) is 2.60. The number of carbonyl (C=O) groups is 1. The Morgan fingerprint density at radius 3 is 2.59 bits per heavy atom. The van der Waals surface area contributed by atoms with Gasteiger partial charge in [-0.3, -0.25) is 19.7 Å². The maximum Gasteiger partial charge on any atom is 0.306 e. The first-order valence-electron chi connectivity index (χ1n) is 8.34. The van der Waals surface area contributed by atoms with Crippen molar-refractivity contribution in [1.82, 2.24) is 9.78 Å². The first-order chi connectivity index (χ1) is 13.9. The van der Waals surface area contributed by atoms with Crippen molar-refractivity contribution in [1.29, 1.82) is 0 Å². The van der Waals surface area contributed by atoms with E-state index >= 15 is 0 Å². The number of rotatable bonds is 6. The number of anilines is 1. The molecular formula is C19H15FN4O5. The summed E-state index contributed by atoms with van der Waals surface area (Å²) in [6.07, 6.45) is 0. The number of halogens is 1. The molecule has 0 saturated carbocycles. The van der Waals surface area contributed by atoms with Gasteiger partial charge in [-0.15, -0.1) is 0 Å². The molecule has 0 bridgehead atoms. The molecule has 0 aliphatic rings. The van der Waals surface area contributed by atoms with Crippen molar-refractivity contribution in [2.75, 3.05) is 12.4 Å². The van der Waals surface area contributed by atoms with Crippen LogP contribution < -0.4 is 15.6 Å². The topological polar surface area (TPSA) is 116 Å². The second kappa shape index (κ2) is 8.30. The number of aromatic nitrogens is 2. The molecule has 9 nitrogen and oxygen atoms in total.